The van der Waals surface area contributed by atoms with Crippen molar-refractivity contribution in [2.75, 3.05) is 14.2 Å². The summed E-state index contributed by atoms with van der Waals surface area (Å²) in [6.07, 6.45) is 6.19. The molecule has 0 amide bonds. The van der Waals surface area contributed by atoms with Crippen LogP contribution in [0.1, 0.15) is 29.9 Å². The van der Waals surface area contributed by atoms with Gasteiger partial charge < -0.3 is 14.6 Å². The highest BCUT2D eigenvalue weighted by molar-refractivity contribution is 5.59. The van der Waals surface area contributed by atoms with Crippen LogP contribution in [0.3, 0.4) is 0 Å². The van der Waals surface area contributed by atoms with Crippen molar-refractivity contribution >= 4 is 0 Å². The van der Waals surface area contributed by atoms with E-state index >= 15 is 0 Å². The maximum atomic E-state index is 10.1. The van der Waals surface area contributed by atoms with Gasteiger partial charge in [-0.1, -0.05) is 12.2 Å². The smallest absolute Gasteiger partial charge is 0.123 e. The van der Waals surface area contributed by atoms with Gasteiger partial charge in [-0.05, 0) is 25.0 Å². The number of phenols is 1. The summed E-state index contributed by atoms with van der Waals surface area (Å²) in [5.74, 6) is 1.48. The molecule has 0 unspecified atom stereocenters. The molecule has 4 rings (SSSR count). The molecular weight excluding hydrogens is 216 g/mol. The van der Waals surface area contributed by atoms with E-state index in [0.29, 0.717) is 11.7 Å². The third kappa shape index (κ3) is 1.26. The molecule has 3 nitrogen and oxygen atoms in total. The van der Waals surface area contributed by atoms with E-state index in [4.69, 9.17) is 9.47 Å². The number of phenolic OH excluding ortho intramolecular Hbond substituents is 1. The number of hydrogen-bond acceptors (Lipinski definition) is 3. The number of fused-ring (bicyclic) bond motifs is 1. The lowest BCUT2D eigenvalue weighted by Gasteiger charge is -2.43. The van der Waals surface area contributed by atoms with Gasteiger partial charge in [-0.25, -0.2) is 0 Å². The highest BCUT2D eigenvalue weighted by Crippen LogP contribution is 2.55. The Morgan fingerprint density at radius 3 is 2.76 bits per heavy atom. The average molecular weight is 232 g/mol. The lowest BCUT2D eigenvalue weighted by molar-refractivity contribution is 0.00428. The van der Waals surface area contributed by atoms with Gasteiger partial charge in [0.15, 0.2) is 0 Å². The monoisotopic (exact) mass is 232 g/mol. The summed E-state index contributed by atoms with van der Waals surface area (Å²) >= 11 is 0. The normalized spacial score (nSPS) is 29.2. The molecule has 0 fully saturated rings. The fraction of sp³-hybridized carbons (Fsp3) is 0.429. The first-order valence-corrected chi connectivity index (χ1v) is 5.86. The lowest BCUT2D eigenvalue weighted by atomic mass is 9.68. The summed E-state index contributed by atoms with van der Waals surface area (Å²) in [6, 6.07) is 3.51. The van der Waals surface area contributed by atoms with Gasteiger partial charge in [-0.3, -0.25) is 0 Å². The van der Waals surface area contributed by atoms with E-state index in [-0.39, 0.29) is 0 Å². The Kier molecular flexibility index (Phi) is 2.20. The van der Waals surface area contributed by atoms with Crippen LogP contribution in [0.15, 0.2) is 24.3 Å². The van der Waals surface area contributed by atoms with Crippen molar-refractivity contribution in [1.82, 2.24) is 0 Å². The number of benzene rings is 1. The number of methoxy groups -OCH3 is 2. The highest BCUT2D eigenvalue weighted by atomic mass is 16.5. The first kappa shape index (κ1) is 10.7. The van der Waals surface area contributed by atoms with Crippen LogP contribution in [0, 0.1) is 0 Å². The summed E-state index contributed by atoms with van der Waals surface area (Å²) in [6.45, 7) is 0. The molecule has 2 atom stereocenters. The van der Waals surface area contributed by atoms with E-state index in [0.717, 1.165) is 29.7 Å². The Balaban J connectivity index is 2.31. The number of ether oxygens (including phenoxy) is 2. The second kappa shape index (κ2) is 3.50. The molecule has 2 bridgehead atoms. The van der Waals surface area contributed by atoms with Gasteiger partial charge in [-0.2, -0.15) is 0 Å². The average Bonchev–Trinajstić information content (AvgIpc) is 2.40. The number of aromatic hydroxyl groups is 1. The van der Waals surface area contributed by atoms with Crippen molar-refractivity contribution in [2.24, 2.45) is 0 Å². The molecule has 0 spiro atoms. The number of rotatable bonds is 2. The topological polar surface area (TPSA) is 38.7 Å². The predicted octanol–water partition coefficient (Wildman–Crippen LogP) is 2.69. The van der Waals surface area contributed by atoms with Crippen LogP contribution in [-0.2, 0) is 10.3 Å². The second-order valence-electron chi connectivity index (χ2n) is 4.67. The summed E-state index contributed by atoms with van der Waals surface area (Å²) in [5, 5.41) is 10.1. The molecule has 1 aromatic rings. The van der Waals surface area contributed by atoms with Gasteiger partial charge in [0.1, 0.15) is 17.1 Å². The number of hydrogen-bond donors (Lipinski definition) is 1. The minimum atomic E-state index is -0.470. The zero-order chi connectivity index (χ0) is 12.0. The SMILES string of the molecule is COc1ccc(O)c2c1[C@@H]1C=C[C@@]2(OC)CC1. The summed E-state index contributed by atoms with van der Waals surface area (Å²) in [5.41, 5.74) is 1.50. The maximum Gasteiger partial charge on any atom is 0.123 e. The van der Waals surface area contributed by atoms with E-state index < -0.39 is 5.60 Å². The van der Waals surface area contributed by atoms with E-state index in [9.17, 15) is 5.11 Å². The third-order valence-corrected chi connectivity index (χ3v) is 3.99. The van der Waals surface area contributed by atoms with Crippen LogP contribution in [-0.4, -0.2) is 19.3 Å². The van der Waals surface area contributed by atoms with Crippen LogP contribution < -0.4 is 4.74 Å². The molecule has 1 N–H and O–H groups in total. The zero-order valence-electron chi connectivity index (χ0n) is 10.1. The summed E-state index contributed by atoms with van der Waals surface area (Å²) < 4.78 is 11.1. The first-order chi connectivity index (χ1) is 8.22. The van der Waals surface area contributed by atoms with Crippen LogP contribution >= 0.6 is 0 Å². The molecule has 0 saturated carbocycles. The van der Waals surface area contributed by atoms with Gasteiger partial charge >= 0.3 is 0 Å². The Bertz CT molecular complexity index is 492. The van der Waals surface area contributed by atoms with Gasteiger partial charge in [-0.15, -0.1) is 0 Å². The molecule has 90 valence electrons. The fourth-order valence-electron chi connectivity index (χ4n) is 3.12. The molecule has 1 aromatic carbocycles. The van der Waals surface area contributed by atoms with Crippen LogP contribution in [0.25, 0.3) is 0 Å². The molecule has 3 heteroatoms. The third-order valence-electron chi connectivity index (χ3n) is 3.99. The molecular formula is C14H16O3. The largest absolute Gasteiger partial charge is 0.508 e. The summed E-state index contributed by atoms with van der Waals surface area (Å²) in [4.78, 5) is 0. The molecule has 0 saturated heterocycles. The molecule has 3 aliphatic carbocycles. The van der Waals surface area contributed by atoms with E-state index in [1.54, 1.807) is 20.3 Å². The van der Waals surface area contributed by atoms with Crippen molar-refractivity contribution < 1.29 is 14.6 Å². The number of allylic oxidation sites excluding steroid dienone is 1. The van der Waals surface area contributed by atoms with E-state index in [1.807, 2.05) is 6.07 Å². The Labute approximate surface area is 101 Å². The highest BCUT2D eigenvalue weighted by Gasteiger charge is 2.44. The second-order valence-corrected chi connectivity index (χ2v) is 4.67. The Hall–Kier alpha value is -1.48. The predicted molar refractivity (Wildman–Crippen MR) is 64.5 cm³/mol. The van der Waals surface area contributed by atoms with Crippen LogP contribution in [0.4, 0.5) is 0 Å². The molecule has 0 aliphatic heterocycles. The standard InChI is InChI=1S/C14H16O3/c1-16-11-4-3-10(15)13-12(11)9-5-7-14(13,17-2)8-6-9/h3-5,7,9,15H,6,8H2,1-2H3/t9-,14-/m1/s1. The maximum absolute atomic E-state index is 10.1. The lowest BCUT2D eigenvalue weighted by Crippen LogP contribution is -2.36. The Morgan fingerprint density at radius 1 is 1.35 bits per heavy atom. The Morgan fingerprint density at radius 2 is 2.18 bits per heavy atom. The minimum absolute atomic E-state index is 0.302. The van der Waals surface area contributed by atoms with Crippen molar-refractivity contribution in [3.05, 3.63) is 35.4 Å². The van der Waals surface area contributed by atoms with Crippen LogP contribution in [0.2, 0.25) is 0 Å². The minimum Gasteiger partial charge on any atom is -0.508 e. The van der Waals surface area contributed by atoms with E-state index in [2.05, 4.69) is 12.2 Å². The quantitative estimate of drug-likeness (QED) is 0.797. The molecule has 3 aliphatic rings. The van der Waals surface area contributed by atoms with Gasteiger partial charge in [0, 0.05) is 24.2 Å². The van der Waals surface area contributed by atoms with Crippen molar-refractivity contribution in [2.45, 2.75) is 24.4 Å². The van der Waals surface area contributed by atoms with Gasteiger partial charge in [0.05, 0.1) is 7.11 Å². The van der Waals surface area contributed by atoms with Gasteiger partial charge in [0.2, 0.25) is 0 Å². The molecule has 0 aromatic heterocycles. The molecule has 0 heterocycles. The van der Waals surface area contributed by atoms with Crippen LogP contribution in [0.5, 0.6) is 11.5 Å². The molecule has 0 radical (unpaired) electrons. The fourth-order valence-corrected chi connectivity index (χ4v) is 3.12. The van der Waals surface area contributed by atoms with Crippen molar-refractivity contribution in [3.63, 3.8) is 0 Å². The van der Waals surface area contributed by atoms with Crippen molar-refractivity contribution in [1.29, 1.82) is 0 Å². The zero-order valence-corrected chi connectivity index (χ0v) is 10.1. The van der Waals surface area contributed by atoms with Gasteiger partial charge in [0.25, 0.3) is 0 Å². The summed E-state index contributed by atoms with van der Waals surface area (Å²) in [7, 11) is 3.36. The first-order valence-electron chi connectivity index (χ1n) is 5.86. The van der Waals surface area contributed by atoms with Crippen molar-refractivity contribution in [3.8, 4) is 11.5 Å². The molecule has 17 heavy (non-hydrogen) atoms. The van der Waals surface area contributed by atoms with E-state index in [1.165, 1.54) is 0 Å².